The lowest BCUT2D eigenvalue weighted by atomic mass is 10.1. The van der Waals surface area contributed by atoms with Gasteiger partial charge in [0.05, 0.1) is 18.5 Å². The summed E-state index contributed by atoms with van der Waals surface area (Å²) in [6.45, 7) is 6.40. The number of hydrogen-bond donors (Lipinski definition) is 0. The van der Waals surface area contributed by atoms with Crippen LogP contribution in [0.4, 0.5) is 0 Å². The fourth-order valence-corrected chi connectivity index (χ4v) is 3.97. The number of rotatable bonds is 5. The number of aryl methyl sites for hydroxylation is 1. The fourth-order valence-electron chi connectivity index (χ4n) is 2.19. The molecule has 102 valence electrons. The minimum absolute atomic E-state index is 0.361. The van der Waals surface area contributed by atoms with Crippen LogP contribution >= 0.6 is 7.60 Å². The molecule has 3 nitrogen and oxygen atoms in total. The predicted octanol–water partition coefficient (Wildman–Crippen LogP) is 4.04. The molecular formula is C15H19O3P. The van der Waals surface area contributed by atoms with Crippen LogP contribution in [0.15, 0.2) is 36.4 Å². The highest BCUT2D eigenvalue weighted by molar-refractivity contribution is 7.62. The van der Waals surface area contributed by atoms with E-state index < -0.39 is 7.60 Å². The Morgan fingerprint density at radius 2 is 1.53 bits per heavy atom. The molecule has 0 aliphatic heterocycles. The molecule has 0 amide bonds. The fraction of sp³-hybridized carbons (Fsp3) is 0.333. The molecule has 2 aromatic carbocycles. The lowest BCUT2D eigenvalue weighted by molar-refractivity contribution is 0.230. The van der Waals surface area contributed by atoms with E-state index in [1.54, 1.807) is 0 Å². The van der Waals surface area contributed by atoms with Crippen LogP contribution in [0.25, 0.3) is 10.8 Å². The van der Waals surface area contributed by atoms with E-state index in [2.05, 4.69) is 0 Å². The Kier molecular flexibility index (Phi) is 4.41. The van der Waals surface area contributed by atoms with E-state index >= 15 is 0 Å². The highest BCUT2D eigenvalue weighted by Gasteiger charge is 2.28. The first-order chi connectivity index (χ1) is 9.12. The van der Waals surface area contributed by atoms with Gasteiger partial charge in [0, 0.05) is 0 Å². The maximum atomic E-state index is 12.9. The molecule has 19 heavy (non-hydrogen) atoms. The van der Waals surface area contributed by atoms with Crippen LogP contribution in [-0.4, -0.2) is 13.2 Å². The first kappa shape index (κ1) is 14.3. The molecule has 0 saturated carbocycles. The SMILES string of the molecule is CCOP(=O)(OCC)c1ccc(C)c2ccccc12. The van der Waals surface area contributed by atoms with Crippen molar-refractivity contribution in [2.75, 3.05) is 13.2 Å². The first-order valence-corrected chi connectivity index (χ1v) is 8.04. The summed E-state index contributed by atoms with van der Waals surface area (Å²) in [6.07, 6.45) is 0. The monoisotopic (exact) mass is 278 g/mol. The van der Waals surface area contributed by atoms with Crippen molar-refractivity contribution in [3.8, 4) is 0 Å². The van der Waals surface area contributed by atoms with Gasteiger partial charge in [0.25, 0.3) is 0 Å². The summed E-state index contributed by atoms with van der Waals surface area (Å²) in [5.74, 6) is 0. The van der Waals surface area contributed by atoms with E-state index in [4.69, 9.17) is 9.05 Å². The zero-order valence-corrected chi connectivity index (χ0v) is 12.4. The van der Waals surface area contributed by atoms with Crippen LogP contribution in [0.1, 0.15) is 19.4 Å². The molecule has 2 rings (SSSR count). The van der Waals surface area contributed by atoms with Crippen molar-refractivity contribution in [3.63, 3.8) is 0 Å². The zero-order chi connectivity index (χ0) is 13.9. The normalized spacial score (nSPS) is 11.9. The lowest BCUT2D eigenvalue weighted by Gasteiger charge is -2.19. The van der Waals surface area contributed by atoms with Crippen LogP contribution in [0.3, 0.4) is 0 Å². The van der Waals surface area contributed by atoms with Crippen LogP contribution < -0.4 is 5.30 Å². The molecule has 0 saturated heterocycles. The van der Waals surface area contributed by atoms with Gasteiger partial charge in [-0.2, -0.15) is 0 Å². The van der Waals surface area contributed by atoms with Crippen molar-refractivity contribution >= 4 is 23.7 Å². The summed E-state index contributed by atoms with van der Waals surface area (Å²) >= 11 is 0. The first-order valence-electron chi connectivity index (χ1n) is 6.50. The van der Waals surface area contributed by atoms with Crippen LogP contribution in [-0.2, 0) is 13.6 Å². The van der Waals surface area contributed by atoms with Crippen molar-refractivity contribution in [2.45, 2.75) is 20.8 Å². The van der Waals surface area contributed by atoms with Gasteiger partial charge in [-0.15, -0.1) is 0 Å². The van der Waals surface area contributed by atoms with Gasteiger partial charge in [0.2, 0.25) is 0 Å². The number of hydrogen-bond acceptors (Lipinski definition) is 3. The number of benzene rings is 2. The molecular weight excluding hydrogens is 259 g/mol. The Morgan fingerprint density at radius 3 is 2.11 bits per heavy atom. The van der Waals surface area contributed by atoms with Gasteiger partial charge in [0.1, 0.15) is 0 Å². The standard InChI is InChI=1S/C15H19O3P/c1-4-17-19(16,18-5-2)15-11-10-12(3)13-8-6-7-9-14(13)15/h6-11H,4-5H2,1-3H3. The predicted molar refractivity (Wildman–Crippen MR) is 79.2 cm³/mol. The summed E-state index contributed by atoms with van der Waals surface area (Å²) in [7, 11) is -3.24. The van der Waals surface area contributed by atoms with E-state index in [1.807, 2.05) is 57.2 Å². The van der Waals surface area contributed by atoms with Gasteiger partial charge >= 0.3 is 7.60 Å². The van der Waals surface area contributed by atoms with Crippen molar-refractivity contribution in [1.82, 2.24) is 0 Å². The van der Waals surface area contributed by atoms with Gasteiger partial charge in [-0.3, -0.25) is 4.57 Å². The van der Waals surface area contributed by atoms with Crippen molar-refractivity contribution < 1.29 is 13.6 Å². The van der Waals surface area contributed by atoms with E-state index in [1.165, 1.54) is 0 Å². The maximum Gasteiger partial charge on any atom is 0.361 e. The molecule has 0 aliphatic rings. The molecule has 4 heteroatoms. The van der Waals surface area contributed by atoms with Gasteiger partial charge < -0.3 is 9.05 Å². The van der Waals surface area contributed by atoms with E-state index in [0.29, 0.717) is 18.5 Å². The van der Waals surface area contributed by atoms with E-state index in [0.717, 1.165) is 16.3 Å². The third kappa shape index (κ3) is 2.74. The molecule has 0 radical (unpaired) electrons. The Balaban J connectivity index is 2.67. The summed E-state index contributed by atoms with van der Waals surface area (Å²) in [5.41, 5.74) is 1.15. The third-order valence-electron chi connectivity index (χ3n) is 3.01. The number of fused-ring (bicyclic) bond motifs is 1. The average Bonchev–Trinajstić information content (AvgIpc) is 2.40. The molecule has 0 aliphatic carbocycles. The largest absolute Gasteiger partial charge is 0.361 e. The summed E-state index contributed by atoms with van der Waals surface area (Å²) in [6, 6.07) is 11.7. The molecule has 0 bridgehead atoms. The Hall–Kier alpha value is -1.15. The van der Waals surface area contributed by atoms with E-state index in [-0.39, 0.29) is 0 Å². The average molecular weight is 278 g/mol. The van der Waals surface area contributed by atoms with Gasteiger partial charge in [-0.05, 0) is 43.2 Å². The molecule has 0 unspecified atom stereocenters. The van der Waals surface area contributed by atoms with Gasteiger partial charge in [-0.1, -0.05) is 30.3 Å². The third-order valence-corrected chi connectivity index (χ3v) is 5.19. The summed E-state index contributed by atoms with van der Waals surface area (Å²) in [4.78, 5) is 0. The second kappa shape index (κ2) is 5.87. The lowest BCUT2D eigenvalue weighted by Crippen LogP contribution is -2.12. The van der Waals surface area contributed by atoms with E-state index in [9.17, 15) is 4.57 Å². The Bertz CT molecular complexity index is 612. The minimum Gasteiger partial charge on any atom is -0.305 e. The molecule has 2 aromatic rings. The van der Waals surface area contributed by atoms with Crippen LogP contribution in [0, 0.1) is 6.92 Å². The van der Waals surface area contributed by atoms with Crippen molar-refractivity contribution in [3.05, 3.63) is 42.0 Å². The zero-order valence-electron chi connectivity index (χ0n) is 11.6. The smallest absolute Gasteiger partial charge is 0.305 e. The Labute approximate surface area is 114 Å². The topological polar surface area (TPSA) is 35.5 Å². The quantitative estimate of drug-likeness (QED) is 0.774. The molecule has 0 fully saturated rings. The second-order valence-corrected chi connectivity index (χ2v) is 6.27. The molecule has 0 heterocycles. The Morgan fingerprint density at radius 1 is 0.947 bits per heavy atom. The van der Waals surface area contributed by atoms with Crippen molar-refractivity contribution in [2.24, 2.45) is 0 Å². The molecule has 0 spiro atoms. The van der Waals surface area contributed by atoms with Crippen LogP contribution in [0.2, 0.25) is 0 Å². The van der Waals surface area contributed by atoms with Crippen molar-refractivity contribution in [1.29, 1.82) is 0 Å². The maximum absolute atomic E-state index is 12.9. The highest BCUT2D eigenvalue weighted by Crippen LogP contribution is 2.48. The minimum atomic E-state index is -3.24. The summed E-state index contributed by atoms with van der Waals surface area (Å²) in [5, 5.41) is 2.67. The van der Waals surface area contributed by atoms with Gasteiger partial charge in [-0.25, -0.2) is 0 Å². The van der Waals surface area contributed by atoms with Gasteiger partial charge in [0.15, 0.2) is 0 Å². The highest BCUT2D eigenvalue weighted by atomic mass is 31.2. The molecule has 0 aromatic heterocycles. The van der Waals surface area contributed by atoms with Crippen LogP contribution in [0.5, 0.6) is 0 Å². The molecule has 0 N–H and O–H groups in total. The molecule has 0 atom stereocenters. The second-order valence-electron chi connectivity index (χ2n) is 4.28. The summed E-state index contributed by atoms with van der Waals surface area (Å²) < 4.78 is 23.8.